The molecule has 0 radical (unpaired) electrons. The maximum absolute atomic E-state index is 5.64. The summed E-state index contributed by atoms with van der Waals surface area (Å²) in [4.78, 5) is 0. The molecule has 0 aromatic rings. The van der Waals surface area contributed by atoms with Crippen molar-refractivity contribution >= 4 is 0 Å². The highest BCUT2D eigenvalue weighted by molar-refractivity contribution is 5.02. The molecule has 1 aliphatic heterocycles. The topological polar surface area (TPSA) is 12.5 Å². The van der Waals surface area contributed by atoms with Crippen LogP contribution in [0.3, 0.4) is 0 Å². The minimum absolute atomic E-state index is 0.208. The molecule has 0 aromatic heterocycles. The van der Waals surface area contributed by atoms with Crippen LogP contribution in [-0.2, 0) is 4.74 Å². The molecule has 76 valence electrons. The molecular formula is C12H22O. The van der Waals surface area contributed by atoms with Crippen molar-refractivity contribution in [2.75, 3.05) is 0 Å². The van der Waals surface area contributed by atoms with Gasteiger partial charge in [-0.3, -0.25) is 0 Å². The third-order valence-corrected chi connectivity index (χ3v) is 3.10. The molecule has 1 rings (SSSR count). The Kier molecular flexibility index (Phi) is 3.55. The van der Waals surface area contributed by atoms with Gasteiger partial charge in [0.15, 0.2) is 0 Å². The van der Waals surface area contributed by atoms with E-state index in [9.17, 15) is 0 Å². The zero-order valence-electron chi connectivity index (χ0n) is 9.39. The Morgan fingerprint density at radius 3 is 2.62 bits per heavy atom. The molecule has 0 aromatic carbocycles. The van der Waals surface area contributed by atoms with E-state index in [1.165, 1.54) is 24.8 Å². The molecule has 0 aliphatic carbocycles. The highest BCUT2D eigenvalue weighted by atomic mass is 16.6. The van der Waals surface area contributed by atoms with Crippen molar-refractivity contribution in [1.82, 2.24) is 0 Å². The normalized spacial score (nSPS) is 33.5. The fraction of sp³-hybridized carbons (Fsp3) is 0.833. The van der Waals surface area contributed by atoms with Crippen molar-refractivity contribution in [2.45, 2.75) is 65.1 Å². The van der Waals surface area contributed by atoms with Gasteiger partial charge in [-0.05, 0) is 39.5 Å². The number of rotatable bonds is 5. The summed E-state index contributed by atoms with van der Waals surface area (Å²) in [6.07, 6.45) is 7.57. The van der Waals surface area contributed by atoms with E-state index in [0.717, 1.165) is 6.42 Å². The second-order valence-corrected chi connectivity index (χ2v) is 4.27. The highest BCUT2D eigenvalue weighted by Gasteiger charge is 2.49. The van der Waals surface area contributed by atoms with Gasteiger partial charge in [0, 0.05) is 0 Å². The molecule has 0 amide bonds. The SMILES string of the molecule is CC/C(C)=C\CCC1(C)OC1CC. The Balaban J connectivity index is 2.21. The van der Waals surface area contributed by atoms with Gasteiger partial charge >= 0.3 is 0 Å². The molecule has 0 bridgehead atoms. The van der Waals surface area contributed by atoms with Crippen molar-refractivity contribution in [1.29, 1.82) is 0 Å². The number of hydrogen-bond acceptors (Lipinski definition) is 1. The largest absolute Gasteiger partial charge is 0.366 e. The standard InChI is InChI=1S/C12H22O/c1-5-10(3)8-7-9-12(4)11(6-2)13-12/h8,11H,5-7,9H2,1-4H3/b10-8-. The lowest BCUT2D eigenvalue weighted by molar-refractivity contribution is 0.296. The van der Waals surface area contributed by atoms with Gasteiger partial charge in [-0.25, -0.2) is 0 Å². The van der Waals surface area contributed by atoms with Gasteiger partial charge in [-0.1, -0.05) is 25.5 Å². The van der Waals surface area contributed by atoms with Crippen molar-refractivity contribution in [3.63, 3.8) is 0 Å². The van der Waals surface area contributed by atoms with E-state index in [4.69, 9.17) is 4.74 Å². The van der Waals surface area contributed by atoms with Crippen LogP contribution in [0.1, 0.15) is 53.4 Å². The zero-order valence-corrected chi connectivity index (χ0v) is 9.39. The minimum Gasteiger partial charge on any atom is -0.366 e. The van der Waals surface area contributed by atoms with Crippen LogP contribution in [0, 0.1) is 0 Å². The molecule has 1 fully saturated rings. The Morgan fingerprint density at radius 1 is 1.46 bits per heavy atom. The average Bonchev–Trinajstić information content (AvgIpc) is 2.77. The molecule has 2 unspecified atom stereocenters. The van der Waals surface area contributed by atoms with E-state index in [2.05, 4.69) is 33.8 Å². The fourth-order valence-corrected chi connectivity index (χ4v) is 1.78. The van der Waals surface area contributed by atoms with E-state index >= 15 is 0 Å². The van der Waals surface area contributed by atoms with Crippen LogP contribution in [0.15, 0.2) is 11.6 Å². The maximum Gasteiger partial charge on any atom is 0.0923 e. The molecule has 0 N–H and O–H groups in total. The lowest BCUT2D eigenvalue weighted by Gasteiger charge is -2.03. The van der Waals surface area contributed by atoms with Gasteiger partial charge in [0.05, 0.1) is 11.7 Å². The molecule has 1 saturated heterocycles. The molecule has 1 aliphatic rings. The van der Waals surface area contributed by atoms with Gasteiger partial charge in [-0.2, -0.15) is 0 Å². The Morgan fingerprint density at radius 2 is 2.15 bits per heavy atom. The molecule has 0 saturated carbocycles. The van der Waals surface area contributed by atoms with Crippen LogP contribution >= 0.6 is 0 Å². The highest BCUT2D eigenvalue weighted by Crippen LogP contribution is 2.42. The predicted octanol–water partition coefficient (Wildman–Crippen LogP) is 3.69. The quantitative estimate of drug-likeness (QED) is 0.466. The predicted molar refractivity (Wildman–Crippen MR) is 56.9 cm³/mol. The lowest BCUT2D eigenvalue weighted by atomic mass is 9.99. The summed E-state index contributed by atoms with van der Waals surface area (Å²) in [5.74, 6) is 0. The number of ether oxygens (including phenoxy) is 1. The Labute approximate surface area is 82.2 Å². The summed E-state index contributed by atoms with van der Waals surface area (Å²) in [5, 5.41) is 0. The molecule has 1 heteroatoms. The van der Waals surface area contributed by atoms with Crippen LogP contribution in [-0.4, -0.2) is 11.7 Å². The Bertz CT molecular complexity index is 195. The van der Waals surface area contributed by atoms with Crippen LogP contribution in [0.25, 0.3) is 0 Å². The molecule has 13 heavy (non-hydrogen) atoms. The fourth-order valence-electron chi connectivity index (χ4n) is 1.78. The average molecular weight is 182 g/mol. The summed E-state index contributed by atoms with van der Waals surface area (Å²) < 4.78 is 5.64. The maximum atomic E-state index is 5.64. The van der Waals surface area contributed by atoms with E-state index in [1.807, 2.05) is 0 Å². The van der Waals surface area contributed by atoms with Crippen LogP contribution < -0.4 is 0 Å². The summed E-state index contributed by atoms with van der Waals surface area (Å²) in [5.41, 5.74) is 1.71. The van der Waals surface area contributed by atoms with E-state index in [0.29, 0.717) is 6.10 Å². The van der Waals surface area contributed by atoms with E-state index < -0.39 is 0 Å². The zero-order chi connectivity index (χ0) is 9.90. The number of epoxide rings is 1. The first-order chi connectivity index (χ1) is 6.12. The lowest BCUT2D eigenvalue weighted by Crippen LogP contribution is -2.08. The first-order valence-corrected chi connectivity index (χ1v) is 5.45. The second kappa shape index (κ2) is 4.28. The van der Waals surface area contributed by atoms with Crippen molar-refractivity contribution < 1.29 is 4.74 Å². The number of hydrogen-bond donors (Lipinski definition) is 0. The third kappa shape index (κ3) is 2.84. The van der Waals surface area contributed by atoms with Crippen LogP contribution in [0.2, 0.25) is 0 Å². The van der Waals surface area contributed by atoms with Crippen molar-refractivity contribution in [2.24, 2.45) is 0 Å². The summed E-state index contributed by atoms with van der Waals surface area (Å²) in [6, 6.07) is 0. The molecule has 2 atom stereocenters. The molecule has 1 nitrogen and oxygen atoms in total. The van der Waals surface area contributed by atoms with Gasteiger partial charge in [-0.15, -0.1) is 0 Å². The molecule has 0 spiro atoms. The summed E-state index contributed by atoms with van der Waals surface area (Å²) in [6.45, 7) is 8.84. The van der Waals surface area contributed by atoms with Gasteiger partial charge in [0.2, 0.25) is 0 Å². The van der Waals surface area contributed by atoms with Crippen molar-refractivity contribution in [3.8, 4) is 0 Å². The van der Waals surface area contributed by atoms with E-state index in [1.54, 1.807) is 0 Å². The summed E-state index contributed by atoms with van der Waals surface area (Å²) in [7, 11) is 0. The first-order valence-electron chi connectivity index (χ1n) is 5.45. The molecule has 1 heterocycles. The monoisotopic (exact) mass is 182 g/mol. The van der Waals surface area contributed by atoms with Gasteiger partial charge in [0.1, 0.15) is 0 Å². The minimum atomic E-state index is 0.208. The Hall–Kier alpha value is -0.300. The number of allylic oxidation sites excluding steroid dienone is 2. The smallest absolute Gasteiger partial charge is 0.0923 e. The first kappa shape index (κ1) is 10.8. The third-order valence-electron chi connectivity index (χ3n) is 3.10. The van der Waals surface area contributed by atoms with Crippen LogP contribution in [0.4, 0.5) is 0 Å². The van der Waals surface area contributed by atoms with E-state index in [-0.39, 0.29) is 5.60 Å². The van der Waals surface area contributed by atoms with Crippen molar-refractivity contribution in [3.05, 3.63) is 11.6 Å². The molecular weight excluding hydrogens is 160 g/mol. The van der Waals surface area contributed by atoms with Gasteiger partial charge < -0.3 is 4.74 Å². The second-order valence-electron chi connectivity index (χ2n) is 4.27. The van der Waals surface area contributed by atoms with Gasteiger partial charge in [0.25, 0.3) is 0 Å². The summed E-state index contributed by atoms with van der Waals surface area (Å²) >= 11 is 0. The van der Waals surface area contributed by atoms with Crippen LogP contribution in [0.5, 0.6) is 0 Å².